The van der Waals surface area contributed by atoms with Crippen LogP contribution in [0, 0.1) is 13.8 Å². The van der Waals surface area contributed by atoms with Gasteiger partial charge in [-0.1, -0.05) is 35.9 Å². The number of azo groups is 1. The highest BCUT2D eigenvalue weighted by molar-refractivity contribution is 6.31. The van der Waals surface area contributed by atoms with Gasteiger partial charge >= 0.3 is 0 Å². The van der Waals surface area contributed by atoms with Gasteiger partial charge in [-0.2, -0.15) is 0 Å². The zero-order chi connectivity index (χ0) is 16.4. The van der Waals surface area contributed by atoms with Gasteiger partial charge in [0.15, 0.2) is 5.69 Å². The monoisotopic (exact) mass is 326 g/mol. The van der Waals surface area contributed by atoms with E-state index >= 15 is 0 Å². The van der Waals surface area contributed by atoms with Crippen molar-refractivity contribution in [2.75, 3.05) is 0 Å². The Bertz CT molecular complexity index is 926. The van der Waals surface area contributed by atoms with Crippen molar-refractivity contribution in [2.45, 2.75) is 13.8 Å². The Balaban J connectivity index is 2.02. The third kappa shape index (κ3) is 2.96. The number of halogens is 1. The van der Waals surface area contributed by atoms with E-state index in [0.29, 0.717) is 16.4 Å². The first-order valence-electron chi connectivity index (χ1n) is 7.12. The largest absolute Gasteiger partial charge is 0.299 e. The van der Waals surface area contributed by atoms with E-state index in [1.807, 2.05) is 43.3 Å². The molecule has 0 fully saturated rings. The highest BCUT2D eigenvalue weighted by Gasteiger charge is 2.12. The van der Waals surface area contributed by atoms with E-state index in [1.165, 1.54) is 4.68 Å². The summed E-state index contributed by atoms with van der Waals surface area (Å²) in [5.74, 6) is 0. The topological polar surface area (TPSA) is 62.5 Å². The molecule has 2 aromatic carbocycles. The van der Waals surface area contributed by atoms with Crippen LogP contribution in [0.15, 0.2) is 63.6 Å². The van der Waals surface area contributed by atoms with Crippen molar-refractivity contribution in [3.63, 3.8) is 0 Å². The van der Waals surface area contributed by atoms with Gasteiger partial charge in [-0.25, -0.2) is 4.68 Å². The number of hydrogen-bond acceptors (Lipinski definition) is 3. The Morgan fingerprint density at radius 1 is 1.00 bits per heavy atom. The predicted octanol–water partition coefficient (Wildman–Crippen LogP) is 4.85. The van der Waals surface area contributed by atoms with Crippen molar-refractivity contribution in [2.24, 2.45) is 10.2 Å². The predicted molar refractivity (Wildman–Crippen MR) is 91.5 cm³/mol. The molecular formula is C17H15ClN4O. The Morgan fingerprint density at radius 2 is 1.74 bits per heavy atom. The van der Waals surface area contributed by atoms with Crippen LogP contribution in [0.5, 0.6) is 0 Å². The molecule has 0 bridgehead atoms. The third-order valence-electron chi connectivity index (χ3n) is 3.55. The fourth-order valence-corrected chi connectivity index (χ4v) is 2.39. The summed E-state index contributed by atoms with van der Waals surface area (Å²) in [6, 6.07) is 14.7. The lowest BCUT2D eigenvalue weighted by molar-refractivity contribution is 0.835. The maximum absolute atomic E-state index is 12.5. The number of aromatic amines is 1. The molecule has 1 heterocycles. The second kappa shape index (κ2) is 6.22. The third-order valence-corrected chi connectivity index (χ3v) is 3.96. The maximum atomic E-state index is 12.5. The number of H-pyrrole nitrogens is 1. The second-order valence-corrected chi connectivity index (χ2v) is 5.55. The summed E-state index contributed by atoms with van der Waals surface area (Å²) in [4.78, 5) is 12.5. The van der Waals surface area contributed by atoms with E-state index in [1.54, 1.807) is 19.1 Å². The molecule has 116 valence electrons. The van der Waals surface area contributed by atoms with Crippen LogP contribution in [0.4, 0.5) is 11.4 Å². The number of para-hydroxylation sites is 1. The molecule has 0 aliphatic carbocycles. The molecule has 0 saturated carbocycles. The average molecular weight is 327 g/mol. The molecule has 0 amide bonds. The molecule has 0 radical (unpaired) electrons. The molecule has 3 rings (SSSR count). The Morgan fingerprint density at radius 3 is 2.48 bits per heavy atom. The van der Waals surface area contributed by atoms with Crippen LogP contribution in [-0.2, 0) is 0 Å². The number of benzene rings is 2. The molecule has 5 nitrogen and oxygen atoms in total. The lowest BCUT2D eigenvalue weighted by Crippen LogP contribution is -2.13. The molecule has 0 spiro atoms. The van der Waals surface area contributed by atoms with Gasteiger partial charge in [0.05, 0.1) is 17.1 Å². The number of aromatic nitrogens is 2. The van der Waals surface area contributed by atoms with Crippen molar-refractivity contribution in [3.05, 3.63) is 75.2 Å². The highest BCUT2D eigenvalue weighted by atomic mass is 35.5. The minimum Gasteiger partial charge on any atom is -0.293 e. The number of nitrogens with zero attached hydrogens (tertiary/aromatic N) is 3. The molecule has 23 heavy (non-hydrogen) atoms. The summed E-state index contributed by atoms with van der Waals surface area (Å²) >= 11 is 6.07. The molecule has 0 aliphatic heterocycles. The van der Waals surface area contributed by atoms with Crippen molar-refractivity contribution >= 4 is 23.0 Å². The van der Waals surface area contributed by atoms with Crippen LogP contribution >= 0.6 is 11.6 Å². The van der Waals surface area contributed by atoms with E-state index in [0.717, 1.165) is 11.3 Å². The van der Waals surface area contributed by atoms with Crippen molar-refractivity contribution in [1.82, 2.24) is 9.78 Å². The van der Waals surface area contributed by atoms with Gasteiger partial charge < -0.3 is 0 Å². The van der Waals surface area contributed by atoms with Crippen LogP contribution in [0.2, 0.25) is 5.02 Å². The first kappa shape index (κ1) is 15.2. The normalized spacial score (nSPS) is 11.3. The first-order chi connectivity index (χ1) is 11.1. The zero-order valence-corrected chi connectivity index (χ0v) is 13.5. The van der Waals surface area contributed by atoms with Crippen molar-refractivity contribution < 1.29 is 0 Å². The smallest absolute Gasteiger partial charge is 0.293 e. The van der Waals surface area contributed by atoms with Crippen molar-refractivity contribution in [1.29, 1.82) is 0 Å². The van der Waals surface area contributed by atoms with Crippen LogP contribution in [0.3, 0.4) is 0 Å². The molecule has 6 heteroatoms. The average Bonchev–Trinajstić information content (AvgIpc) is 2.84. The lowest BCUT2D eigenvalue weighted by atomic mass is 10.2. The highest BCUT2D eigenvalue weighted by Crippen LogP contribution is 2.27. The fraction of sp³-hybridized carbons (Fsp3) is 0.118. The lowest BCUT2D eigenvalue weighted by Gasteiger charge is -2.00. The van der Waals surface area contributed by atoms with E-state index in [9.17, 15) is 4.79 Å². The minimum absolute atomic E-state index is 0.239. The first-order valence-corrected chi connectivity index (χ1v) is 7.49. The molecule has 1 N–H and O–H groups in total. The SMILES string of the molecule is Cc1[nH]n(-c2ccccc2)c(=O)c1N=Nc1cccc(Cl)c1C. The number of hydrogen-bond donors (Lipinski definition) is 1. The Labute approximate surface area is 138 Å². The minimum atomic E-state index is -0.239. The molecule has 0 aliphatic rings. The number of nitrogens with one attached hydrogen (secondary N) is 1. The van der Waals surface area contributed by atoms with Gasteiger partial charge in [0.25, 0.3) is 5.56 Å². The fourth-order valence-electron chi connectivity index (χ4n) is 2.22. The second-order valence-electron chi connectivity index (χ2n) is 5.15. The standard InChI is InChI=1S/C17H15ClN4O/c1-11-14(18)9-6-10-15(11)19-20-16-12(2)21-22(17(16)23)13-7-4-3-5-8-13/h3-10,21H,1-2H3. The van der Waals surface area contributed by atoms with Crippen LogP contribution in [0.25, 0.3) is 5.69 Å². The van der Waals surface area contributed by atoms with E-state index in [4.69, 9.17) is 11.6 Å². The van der Waals surface area contributed by atoms with Crippen molar-refractivity contribution in [3.8, 4) is 5.69 Å². The van der Waals surface area contributed by atoms with Gasteiger partial charge in [-0.15, -0.1) is 10.2 Å². The summed E-state index contributed by atoms with van der Waals surface area (Å²) in [5.41, 5.74) is 2.92. The quantitative estimate of drug-likeness (QED) is 0.687. The summed E-state index contributed by atoms with van der Waals surface area (Å²) in [6.45, 7) is 3.66. The molecule has 0 saturated heterocycles. The number of rotatable bonds is 3. The molecule has 3 aromatic rings. The zero-order valence-electron chi connectivity index (χ0n) is 12.7. The van der Waals surface area contributed by atoms with Crippen LogP contribution < -0.4 is 5.56 Å². The van der Waals surface area contributed by atoms with Gasteiger partial charge in [0.1, 0.15) is 0 Å². The van der Waals surface area contributed by atoms with Gasteiger partial charge in [0, 0.05) is 5.02 Å². The summed E-state index contributed by atoms with van der Waals surface area (Å²) < 4.78 is 1.45. The van der Waals surface area contributed by atoms with E-state index < -0.39 is 0 Å². The Hall–Kier alpha value is -2.66. The molecule has 1 aromatic heterocycles. The van der Waals surface area contributed by atoms with Gasteiger partial charge in [-0.05, 0) is 43.7 Å². The molecule has 0 unspecified atom stereocenters. The number of aryl methyl sites for hydroxylation is 1. The summed E-state index contributed by atoms with van der Waals surface area (Å²) in [7, 11) is 0. The Kier molecular flexibility index (Phi) is 4.12. The van der Waals surface area contributed by atoms with Crippen LogP contribution in [0.1, 0.15) is 11.3 Å². The van der Waals surface area contributed by atoms with Gasteiger partial charge in [0.2, 0.25) is 0 Å². The van der Waals surface area contributed by atoms with E-state index in [-0.39, 0.29) is 11.2 Å². The van der Waals surface area contributed by atoms with Gasteiger partial charge in [-0.3, -0.25) is 9.89 Å². The summed E-state index contributed by atoms with van der Waals surface area (Å²) in [6.07, 6.45) is 0. The maximum Gasteiger partial charge on any atom is 0.299 e. The molecular weight excluding hydrogens is 312 g/mol. The molecule has 0 atom stereocenters. The van der Waals surface area contributed by atoms with Crippen LogP contribution in [-0.4, -0.2) is 9.78 Å². The van der Waals surface area contributed by atoms with E-state index in [2.05, 4.69) is 15.3 Å². The summed E-state index contributed by atoms with van der Waals surface area (Å²) in [5, 5.41) is 11.9.